The second kappa shape index (κ2) is 6.69. The van der Waals surface area contributed by atoms with E-state index in [4.69, 9.17) is 5.73 Å². The van der Waals surface area contributed by atoms with Gasteiger partial charge in [0.2, 0.25) is 5.78 Å². The van der Waals surface area contributed by atoms with Crippen molar-refractivity contribution in [1.82, 2.24) is 0 Å². The van der Waals surface area contributed by atoms with E-state index in [2.05, 4.69) is 6.92 Å². The molecular weight excluding hydrogens is 210 g/mol. The normalized spacial score (nSPS) is 12.0. The van der Waals surface area contributed by atoms with Gasteiger partial charge in [-0.15, -0.1) is 0 Å². The molecule has 0 fully saturated rings. The summed E-state index contributed by atoms with van der Waals surface area (Å²) in [5, 5.41) is 0. The second-order valence-corrected chi connectivity index (χ2v) is 4.06. The molecule has 0 aliphatic carbocycles. The van der Waals surface area contributed by atoms with Gasteiger partial charge in [-0.25, -0.2) is 0 Å². The van der Waals surface area contributed by atoms with Crippen LogP contribution in [0.5, 0.6) is 0 Å². The smallest absolute Gasteiger partial charge is 0.201 e. The second-order valence-electron chi connectivity index (χ2n) is 4.06. The first kappa shape index (κ1) is 13.2. The molecule has 0 aliphatic heterocycles. The molecule has 2 nitrogen and oxygen atoms in total. The van der Waals surface area contributed by atoms with Gasteiger partial charge in [0.1, 0.15) is 0 Å². The molecule has 90 valence electrons. The fourth-order valence-electron chi connectivity index (χ4n) is 1.35. The summed E-state index contributed by atoms with van der Waals surface area (Å²) in [5.41, 5.74) is 8.19. The first-order chi connectivity index (χ1) is 8.13. The van der Waals surface area contributed by atoms with E-state index in [1.54, 1.807) is 12.2 Å². The molecule has 0 bridgehead atoms. The van der Waals surface area contributed by atoms with Gasteiger partial charge in [0.25, 0.3) is 0 Å². The lowest BCUT2D eigenvalue weighted by atomic mass is 10.1. The van der Waals surface area contributed by atoms with Gasteiger partial charge in [-0.3, -0.25) is 4.79 Å². The number of benzene rings is 1. The van der Waals surface area contributed by atoms with E-state index in [-0.39, 0.29) is 5.78 Å². The van der Waals surface area contributed by atoms with Crippen molar-refractivity contribution in [1.29, 1.82) is 0 Å². The molecule has 1 aromatic carbocycles. The van der Waals surface area contributed by atoms with Crippen molar-refractivity contribution in [3.05, 3.63) is 53.2 Å². The minimum atomic E-state index is -0.126. The Morgan fingerprint density at radius 1 is 1.29 bits per heavy atom. The Labute approximate surface area is 103 Å². The predicted octanol–water partition coefficient (Wildman–Crippen LogP) is 3.22. The minimum absolute atomic E-state index is 0.126. The quantitative estimate of drug-likeness (QED) is 0.788. The maximum absolute atomic E-state index is 11.6. The van der Waals surface area contributed by atoms with Crippen molar-refractivity contribution in [2.75, 3.05) is 0 Å². The molecule has 0 amide bonds. The third-order valence-corrected chi connectivity index (χ3v) is 2.44. The number of carbonyl (C=O) groups excluding carboxylic acids is 1. The van der Waals surface area contributed by atoms with E-state index < -0.39 is 0 Å². The predicted molar refractivity (Wildman–Crippen MR) is 72.4 cm³/mol. The Morgan fingerprint density at radius 2 is 1.94 bits per heavy atom. The standard InChI is InChI=1S/C15H19NO/c1-3-4-5-14(16)15(17)11-10-13-8-6-12(2)7-9-13/h5-11H,3-4,16H2,1-2H3/b11-10+,14-5-. The summed E-state index contributed by atoms with van der Waals surface area (Å²) in [4.78, 5) is 11.6. The van der Waals surface area contributed by atoms with Crippen molar-refractivity contribution < 1.29 is 4.79 Å². The summed E-state index contributed by atoms with van der Waals surface area (Å²) in [6, 6.07) is 7.98. The van der Waals surface area contributed by atoms with Crippen molar-refractivity contribution in [3.8, 4) is 0 Å². The number of hydrogen-bond acceptors (Lipinski definition) is 2. The number of ketones is 1. The highest BCUT2D eigenvalue weighted by Crippen LogP contribution is 2.05. The SMILES string of the molecule is CCC/C=C(\N)C(=O)/C=C/c1ccc(C)cc1. The fourth-order valence-corrected chi connectivity index (χ4v) is 1.35. The van der Waals surface area contributed by atoms with Crippen LogP contribution in [0, 0.1) is 6.92 Å². The number of aryl methyl sites for hydroxylation is 1. The number of unbranched alkanes of at least 4 members (excludes halogenated alkanes) is 1. The van der Waals surface area contributed by atoms with Gasteiger partial charge in [0, 0.05) is 0 Å². The van der Waals surface area contributed by atoms with Gasteiger partial charge in [-0.05, 0) is 25.0 Å². The summed E-state index contributed by atoms with van der Waals surface area (Å²) in [6.45, 7) is 4.08. The van der Waals surface area contributed by atoms with E-state index in [1.807, 2.05) is 31.2 Å². The summed E-state index contributed by atoms with van der Waals surface area (Å²) in [7, 11) is 0. The fraction of sp³-hybridized carbons (Fsp3) is 0.267. The molecule has 0 saturated carbocycles. The zero-order valence-corrected chi connectivity index (χ0v) is 10.4. The Bertz CT molecular complexity index is 427. The Hall–Kier alpha value is -1.83. The zero-order chi connectivity index (χ0) is 12.7. The minimum Gasteiger partial charge on any atom is -0.396 e. The molecular formula is C15H19NO. The number of allylic oxidation sites excluding steroid dienone is 2. The van der Waals surface area contributed by atoms with Crippen molar-refractivity contribution in [2.24, 2.45) is 5.73 Å². The summed E-state index contributed by atoms with van der Waals surface area (Å²) < 4.78 is 0. The summed E-state index contributed by atoms with van der Waals surface area (Å²) >= 11 is 0. The Kier molecular flexibility index (Phi) is 5.21. The number of hydrogen-bond donors (Lipinski definition) is 1. The van der Waals surface area contributed by atoms with Crippen LogP contribution in [0.4, 0.5) is 0 Å². The molecule has 0 unspecified atom stereocenters. The van der Waals surface area contributed by atoms with Gasteiger partial charge in [-0.2, -0.15) is 0 Å². The number of nitrogens with two attached hydrogens (primary N) is 1. The van der Waals surface area contributed by atoms with Crippen molar-refractivity contribution >= 4 is 11.9 Å². The van der Waals surface area contributed by atoms with Gasteiger partial charge in [-0.1, -0.05) is 55.3 Å². The Morgan fingerprint density at radius 3 is 2.53 bits per heavy atom. The van der Waals surface area contributed by atoms with Crippen LogP contribution in [0.25, 0.3) is 6.08 Å². The van der Waals surface area contributed by atoms with Crippen LogP contribution < -0.4 is 5.73 Å². The third-order valence-electron chi connectivity index (χ3n) is 2.44. The maximum Gasteiger partial charge on any atom is 0.201 e. The molecule has 0 radical (unpaired) electrons. The van der Waals surface area contributed by atoms with E-state index in [0.717, 1.165) is 18.4 Å². The van der Waals surface area contributed by atoms with E-state index in [9.17, 15) is 4.79 Å². The zero-order valence-electron chi connectivity index (χ0n) is 10.4. The highest BCUT2D eigenvalue weighted by molar-refractivity contribution is 6.05. The highest BCUT2D eigenvalue weighted by atomic mass is 16.1. The molecule has 1 rings (SSSR count). The number of carbonyl (C=O) groups is 1. The van der Waals surface area contributed by atoms with Gasteiger partial charge >= 0.3 is 0 Å². The molecule has 1 aromatic rings. The van der Waals surface area contributed by atoms with E-state index >= 15 is 0 Å². The average molecular weight is 229 g/mol. The summed E-state index contributed by atoms with van der Waals surface area (Å²) in [5.74, 6) is -0.126. The van der Waals surface area contributed by atoms with Crippen LogP contribution in [0.2, 0.25) is 0 Å². The van der Waals surface area contributed by atoms with Gasteiger partial charge in [0.15, 0.2) is 0 Å². The van der Waals surface area contributed by atoms with Gasteiger partial charge in [0.05, 0.1) is 5.70 Å². The molecule has 0 atom stereocenters. The van der Waals surface area contributed by atoms with Crippen LogP contribution in [-0.2, 0) is 4.79 Å². The first-order valence-corrected chi connectivity index (χ1v) is 5.88. The lowest BCUT2D eigenvalue weighted by Crippen LogP contribution is -2.08. The van der Waals surface area contributed by atoms with E-state index in [1.165, 1.54) is 11.6 Å². The van der Waals surface area contributed by atoms with E-state index in [0.29, 0.717) is 5.70 Å². The molecule has 0 aromatic heterocycles. The monoisotopic (exact) mass is 229 g/mol. The van der Waals surface area contributed by atoms with Gasteiger partial charge < -0.3 is 5.73 Å². The lowest BCUT2D eigenvalue weighted by molar-refractivity contribution is -0.111. The molecule has 0 spiro atoms. The largest absolute Gasteiger partial charge is 0.396 e. The van der Waals surface area contributed by atoms with Crippen LogP contribution in [0.15, 0.2) is 42.1 Å². The molecule has 0 saturated heterocycles. The molecule has 2 N–H and O–H groups in total. The maximum atomic E-state index is 11.6. The molecule has 0 aliphatic rings. The van der Waals surface area contributed by atoms with Crippen LogP contribution in [0.1, 0.15) is 30.9 Å². The first-order valence-electron chi connectivity index (χ1n) is 5.88. The average Bonchev–Trinajstić information content (AvgIpc) is 2.34. The summed E-state index contributed by atoms with van der Waals surface area (Å²) in [6.07, 6.45) is 6.92. The molecule has 2 heteroatoms. The van der Waals surface area contributed by atoms with Crippen molar-refractivity contribution in [3.63, 3.8) is 0 Å². The van der Waals surface area contributed by atoms with Crippen molar-refractivity contribution in [2.45, 2.75) is 26.7 Å². The van der Waals surface area contributed by atoms with Crippen LogP contribution in [0.3, 0.4) is 0 Å². The third kappa shape index (κ3) is 4.68. The lowest BCUT2D eigenvalue weighted by Gasteiger charge is -1.96. The topological polar surface area (TPSA) is 43.1 Å². The Balaban J connectivity index is 2.65. The van der Waals surface area contributed by atoms with Crippen LogP contribution in [-0.4, -0.2) is 5.78 Å². The van der Waals surface area contributed by atoms with Crippen LogP contribution >= 0.6 is 0 Å². The molecule has 0 heterocycles. The molecule has 17 heavy (non-hydrogen) atoms. The number of rotatable bonds is 5. The highest BCUT2D eigenvalue weighted by Gasteiger charge is 1.99.